The summed E-state index contributed by atoms with van der Waals surface area (Å²) in [4.78, 5) is 4.84. The van der Waals surface area contributed by atoms with Crippen molar-refractivity contribution in [2.45, 2.75) is 24.9 Å². The van der Waals surface area contributed by atoms with Gasteiger partial charge < -0.3 is 10.6 Å². The molecule has 0 spiro atoms. The van der Waals surface area contributed by atoms with Crippen molar-refractivity contribution in [2.24, 2.45) is 5.73 Å². The largest absolute Gasteiger partial charge is 0.323 e. The Morgan fingerprint density at radius 3 is 2.72 bits per heavy atom. The fourth-order valence-electron chi connectivity index (χ4n) is 2.70. The molecule has 1 aromatic rings. The Labute approximate surface area is 111 Å². The maximum absolute atomic E-state index is 6.29. The van der Waals surface area contributed by atoms with Crippen LogP contribution in [-0.2, 0) is 0 Å². The van der Waals surface area contributed by atoms with Crippen molar-refractivity contribution in [3.8, 4) is 0 Å². The highest BCUT2D eigenvalue weighted by atomic mass is 15.2. The maximum atomic E-state index is 6.29. The molecule has 3 nitrogen and oxygen atoms in total. The number of piperidine rings is 1. The fourth-order valence-corrected chi connectivity index (χ4v) is 2.70. The standard InChI is InChI=1S/C15H25N3/c1-17(2)14-9-6-10-18(11-14)12-15(16)13-7-4-3-5-8-13/h3-5,7-8,14-15H,6,9-12,16H2,1-2H3. The highest BCUT2D eigenvalue weighted by Crippen LogP contribution is 2.17. The lowest BCUT2D eigenvalue weighted by Crippen LogP contribution is -2.47. The number of hydrogen-bond donors (Lipinski definition) is 1. The first-order valence-corrected chi connectivity index (χ1v) is 6.86. The van der Waals surface area contributed by atoms with Crippen LogP contribution in [0.5, 0.6) is 0 Å². The highest BCUT2D eigenvalue weighted by molar-refractivity contribution is 5.18. The molecule has 0 bridgehead atoms. The molecule has 1 aliphatic rings. The lowest BCUT2D eigenvalue weighted by molar-refractivity contribution is 0.128. The van der Waals surface area contributed by atoms with Gasteiger partial charge in [0.1, 0.15) is 0 Å². The highest BCUT2D eigenvalue weighted by Gasteiger charge is 2.22. The second kappa shape index (κ2) is 6.32. The van der Waals surface area contributed by atoms with Gasteiger partial charge in [0, 0.05) is 25.2 Å². The molecule has 0 radical (unpaired) electrons. The van der Waals surface area contributed by atoms with E-state index in [0.29, 0.717) is 6.04 Å². The predicted molar refractivity (Wildman–Crippen MR) is 76.5 cm³/mol. The van der Waals surface area contributed by atoms with E-state index in [9.17, 15) is 0 Å². The molecule has 0 saturated carbocycles. The van der Waals surface area contributed by atoms with Crippen molar-refractivity contribution in [3.05, 3.63) is 35.9 Å². The second-order valence-corrected chi connectivity index (χ2v) is 5.54. The first-order valence-electron chi connectivity index (χ1n) is 6.86. The van der Waals surface area contributed by atoms with E-state index in [2.05, 4.69) is 48.2 Å². The molecule has 0 amide bonds. The molecule has 1 fully saturated rings. The van der Waals surface area contributed by atoms with Crippen LogP contribution in [0.3, 0.4) is 0 Å². The average molecular weight is 247 g/mol. The monoisotopic (exact) mass is 247 g/mol. The molecule has 0 aliphatic carbocycles. The fraction of sp³-hybridized carbons (Fsp3) is 0.600. The number of hydrogen-bond acceptors (Lipinski definition) is 3. The molecular formula is C15H25N3. The average Bonchev–Trinajstić information content (AvgIpc) is 2.40. The van der Waals surface area contributed by atoms with E-state index in [1.165, 1.54) is 24.9 Å². The first kappa shape index (κ1) is 13.5. The van der Waals surface area contributed by atoms with Crippen LogP contribution in [0.4, 0.5) is 0 Å². The van der Waals surface area contributed by atoms with E-state index in [-0.39, 0.29) is 6.04 Å². The number of nitrogens with two attached hydrogens (primary N) is 1. The topological polar surface area (TPSA) is 32.5 Å². The Morgan fingerprint density at radius 1 is 1.33 bits per heavy atom. The lowest BCUT2D eigenvalue weighted by Gasteiger charge is -2.37. The summed E-state index contributed by atoms with van der Waals surface area (Å²) in [5.41, 5.74) is 7.53. The minimum Gasteiger partial charge on any atom is -0.323 e. The molecule has 1 aliphatic heterocycles. The Hall–Kier alpha value is -0.900. The zero-order chi connectivity index (χ0) is 13.0. The number of rotatable bonds is 4. The molecule has 2 N–H and O–H groups in total. The van der Waals surface area contributed by atoms with Gasteiger partial charge >= 0.3 is 0 Å². The van der Waals surface area contributed by atoms with Gasteiger partial charge in [-0.2, -0.15) is 0 Å². The minimum absolute atomic E-state index is 0.132. The van der Waals surface area contributed by atoms with E-state index < -0.39 is 0 Å². The van der Waals surface area contributed by atoms with Gasteiger partial charge in [-0.15, -0.1) is 0 Å². The quantitative estimate of drug-likeness (QED) is 0.879. The molecule has 1 aromatic carbocycles. The van der Waals surface area contributed by atoms with Gasteiger partial charge in [-0.3, -0.25) is 4.90 Å². The van der Waals surface area contributed by atoms with Gasteiger partial charge in [0.2, 0.25) is 0 Å². The summed E-state index contributed by atoms with van der Waals surface area (Å²) in [5.74, 6) is 0. The Kier molecular flexibility index (Phi) is 4.75. The van der Waals surface area contributed by atoms with Gasteiger partial charge in [-0.05, 0) is 39.0 Å². The van der Waals surface area contributed by atoms with E-state index in [0.717, 1.165) is 13.1 Å². The van der Waals surface area contributed by atoms with Crippen LogP contribution in [0, 0.1) is 0 Å². The molecule has 1 saturated heterocycles. The summed E-state index contributed by atoms with van der Waals surface area (Å²) in [6, 6.07) is 11.2. The Balaban J connectivity index is 1.89. The van der Waals surface area contributed by atoms with E-state index >= 15 is 0 Å². The Morgan fingerprint density at radius 2 is 2.06 bits per heavy atom. The first-order chi connectivity index (χ1) is 8.66. The number of nitrogens with zero attached hydrogens (tertiary/aromatic N) is 2. The summed E-state index contributed by atoms with van der Waals surface area (Å²) in [6.07, 6.45) is 2.59. The molecule has 2 unspecified atom stereocenters. The van der Waals surface area contributed by atoms with Crippen molar-refractivity contribution in [2.75, 3.05) is 33.7 Å². The van der Waals surface area contributed by atoms with E-state index in [1.54, 1.807) is 0 Å². The van der Waals surface area contributed by atoms with Crippen LogP contribution >= 0.6 is 0 Å². The van der Waals surface area contributed by atoms with E-state index in [4.69, 9.17) is 5.73 Å². The second-order valence-electron chi connectivity index (χ2n) is 5.54. The summed E-state index contributed by atoms with van der Waals surface area (Å²) in [5, 5.41) is 0. The molecular weight excluding hydrogens is 222 g/mol. The van der Waals surface area contributed by atoms with Crippen LogP contribution in [0.15, 0.2) is 30.3 Å². The molecule has 0 aromatic heterocycles. The number of benzene rings is 1. The number of likely N-dealkylation sites (tertiary alicyclic amines) is 1. The maximum Gasteiger partial charge on any atom is 0.0424 e. The van der Waals surface area contributed by atoms with Crippen molar-refractivity contribution in [1.29, 1.82) is 0 Å². The summed E-state index contributed by atoms with van der Waals surface area (Å²) < 4.78 is 0. The van der Waals surface area contributed by atoms with Crippen molar-refractivity contribution >= 4 is 0 Å². The van der Waals surface area contributed by atoms with Crippen LogP contribution in [0.2, 0.25) is 0 Å². The van der Waals surface area contributed by atoms with Crippen LogP contribution in [0.25, 0.3) is 0 Å². The van der Waals surface area contributed by atoms with Crippen molar-refractivity contribution in [1.82, 2.24) is 9.80 Å². The van der Waals surface area contributed by atoms with Gasteiger partial charge in [-0.25, -0.2) is 0 Å². The molecule has 100 valence electrons. The SMILES string of the molecule is CN(C)C1CCCN(CC(N)c2ccccc2)C1. The van der Waals surface area contributed by atoms with Crippen molar-refractivity contribution < 1.29 is 0 Å². The minimum atomic E-state index is 0.132. The zero-order valence-corrected chi connectivity index (χ0v) is 11.5. The third kappa shape index (κ3) is 3.55. The predicted octanol–water partition coefficient (Wildman–Crippen LogP) is 1.71. The third-order valence-corrected chi connectivity index (χ3v) is 3.89. The summed E-state index contributed by atoms with van der Waals surface area (Å²) >= 11 is 0. The van der Waals surface area contributed by atoms with Gasteiger partial charge in [-0.1, -0.05) is 30.3 Å². The summed E-state index contributed by atoms with van der Waals surface area (Å²) in [6.45, 7) is 3.30. The summed E-state index contributed by atoms with van der Waals surface area (Å²) in [7, 11) is 4.34. The molecule has 3 heteroatoms. The van der Waals surface area contributed by atoms with Crippen LogP contribution < -0.4 is 5.73 Å². The van der Waals surface area contributed by atoms with Gasteiger partial charge in [0.25, 0.3) is 0 Å². The van der Waals surface area contributed by atoms with Crippen molar-refractivity contribution in [3.63, 3.8) is 0 Å². The lowest BCUT2D eigenvalue weighted by atomic mass is 10.0. The van der Waals surface area contributed by atoms with Crippen LogP contribution in [-0.4, -0.2) is 49.6 Å². The molecule has 2 atom stereocenters. The van der Waals surface area contributed by atoms with E-state index in [1.807, 2.05) is 6.07 Å². The smallest absolute Gasteiger partial charge is 0.0424 e. The third-order valence-electron chi connectivity index (χ3n) is 3.89. The number of likely N-dealkylation sites (N-methyl/N-ethyl adjacent to an activating group) is 1. The Bertz CT molecular complexity index is 350. The normalized spacial score (nSPS) is 23.2. The molecule has 1 heterocycles. The van der Waals surface area contributed by atoms with Crippen LogP contribution in [0.1, 0.15) is 24.4 Å². The van der Waals surface area contributed by atoms with Gasteiger partial charge in [0.05, 0.1) is 0 Å². The zero-order valence-electron chi connectivity index (χ0n) is 11.5. The van der Waals surface area contributed by atoms with Gasteiger partial charge in [0.15, 0.2) is 0 Å². The molecule has 2 rings (SSSR count). The molecule has 18 heavy (non-hydrogen) atoms.